The number of benzene rings is 1. The molecule has 0 aliphatic rings. The first-order valence-corrected chi connectivity index (χ1v) is 9.36. The van der Waals surface area contributed by atoms with Crippen molar-refractivity contribution in [2.45, 2.75) is 52.9 Å². The minimum atomic E-state index is -0.784. The maximum Gasteiger partial charge on any atom is 0.307 e. The quantitative estimate of drug-likeness (QED) is 0.563. The number of ether oxygens (including phenoxy) is 2. The molecular formula is C20H33NO4. The third-order valence-electron chi connectivity index (χ3n) is 4.51. The number of rotatable bonds is 13. The molecule has 1 rings (SSSR count). The van der Waals surface area contributed by atoms with E-state index in [0.29, 0.717) is 25.6 Å². The van der Waals surface area contributed by atoms with Gasteiger partial charge in [-0.3, -0.25) is 4.79 Å². The number of hydrogen-bond donors (Lipinski definition) is 2. The monoisotopic (exact) mass is 351 g/mol. The zero-order chi connectivity index (χ0) is 18.7. The molecule has 0 aliphatic heterocycles. The van der Waals surface area contributed by atoms with Crippen LogP contribution in [0.2, 0.25) is 0 Å². The van der Waals surface area contributed by atoms with Crippen LogP contribution in [0.1, 0.15) is 52.0 Å². The summed E-state index contributed by atoms with van der Waals surface area (Å²) in [5, 5.41) is 9.17. The largest absolute Gasteiger partial charge is 0.490 e. The predicted octanol–water partition coefficient (Wildman–Crippen LogP) is 3.88. The average molecular weight is 351 g/mol. The zero-order valence-corrected chi connectivity index (χ0v) is 15.8. The second-order valence-electron chi connectivity index (χ2n) is 6.32. The zero-order valence-electron chi connectivity index (χ0n) is 15.8. The third-order valence-corrected chi connectivity index (χ3v) is 4.51. The van der Waals surface area contributed by atoms with Gasteiger partial charge < -0.3 is 20.3 Å². The van der Waals surface area contributed by atoms with Gasteiger partial charge in [0, 0.05) is 6.54 Å². The highest BCUT2D eigenvalue weighted by Gasteiger charge is 2.20. The summed E-state index contributed by atoms with van der Waals surface area (Å²) >= 11 is 0. The minimum absolute atomic E-state index is 0.211. The topological polar surface area (TPSA) is 81.8 Å². The molecule has 0 spiro atoms. The highest BCUT2D eigenvalue weighted by atomic mass is 16.5. The molecule has 0 bridgehead atoms. The molecule has 0 fully saturated rings. The van der Waals surface area contributed by atoms with Crippen molar-refractivity contribution in [3.05, 3.63) is 23.8 Å². The maximum atomic E-state index is 11.2. The van der Waals surface area contributed by atoms with Gasteiger partial charge in [0.2, 0.25) is 0 Å². The molecule has 0 saturated carbocycles. The highest BCUT2D eigenvalue weighted by molar-refractivity contribution is 5.70. The molecule has 0 heterocycles. The van der Waals surface area contributed by atoms with Crippen molar-refractivity contribution in [3.8, 4) is 11.5 Å². The number of aryl methyl sites for hydroxylation is 1. The number of aliphatic carboxylic acids is 1. The molecule has 1 aromatic carbocycles. The Hall–Kier alpha value is -1.75. The van der Waals surface area contributed by atoms with Crippen LogP contribution in [0.3, 0.4) is 0 Å². The number of carboxylic acid groups (broad SMARTS) is 1. The van der Waals surface area contributed by atoms with E-state index in [4.69, 9.17) is 20.3 Å². The van der Waals surface area contributed by atoms with E-state index in [2.05, 4.69) is 19.1 Å². The van der Waals surface area contributed by atoms with E-state index in [1.807, 2.05) is 19.9 Å². The lowest BCUT2D eigenvalue weighted by Gasteiger charge is -2.19. The Morgan fingerprint density at radius 1 is 1.16 bits per heavy atom. The molecule has 0 saturated heterocycles. The summed E-state index contributed by atoms with van der Waals surface area (Å²) in [6.45, 7) is 7.47. The molecule has 5 nitrogen and oxygen atoms in total. The molecular weight excluding hydrogens is 318 g/mol. The molecule has 25 heavy (non-hydrogen) atoms. The number of carboxylic acids is 1. The van der Waals surface area contributed by atoms with Crippen LogP contribution >= 0.6 is 0 Å². The summed E-state index contributed by atoms with van der Waals surface area (Å²) in [6, 6.07) is 6.10. The van der Waals surface area contributed by atoms with Crippen LogP contribution in [-0.4, -0.2) is 30.8 Å². The molecule has 3 N–H and O–H groups in total. The summed E-state index contributed by atoms with van der Waals surface area (Å²) in [5.74, 6) is 0.766. The van der Waals surface area contributed by atoms with Crippen LogP contribution in [0.5, 0.6) is 11.5 Å². The van der Waals surface area contributed by atoms with Crippen LogP contribution < -0.4 is 15.2 Å². The van der Waals surface area contributed by atoms with Crippen LogP contribution in [0, 0.1) is 11.8 Å². The molecule has 1 aromatic rings. The Balaban J connectivity index is 2.58. The number of nitrogens with two attached hydrogens (primary N) is 1. The van der Waals surface area contributed by atoms with Gasteiger partial charge in [0.15, 0.2) is 11.5 Å². The third kappa shape index (κ3) is 7.34. The van der Waals surface area contributed by atoms with E-state index in [1.165, 1.54) is 5.56 Å². The van der Waals surface area contributed by atoms with E-state index in [0.717, 1.165) is 37.2 Å². The predicted molar refractivity (Wildman–Crippen MR) is 100 cm³/mol. The van der Waals surface area contributed by atoms with Gasteiger partial charge in [-0.2, -0.15) is 0 Å². The fourth-order valence-corrected chi connectivity index (χ4v) is 3.03. The Kier molecular flexibility index (Phi) is 10.0. The summed E-state index contributed by atoms with van der Waals surface area (Å²) in [5.41, 5.74) is 6.79. The molecule has 0 aliphatic carbocycles. The normalized spacial score (nSPS) is 13.3. The van der Waals surface area contributed by atoms with Gasteiger partial charge >= 0.3 is 5.97 Å². The highest BCUT2D eigenvalue weighted by Crippen LogP contribution is 2.29. The first-order valence-electron chi connectivity index (χ1n) is 9.36. The van der Waals surface area contributed by atoms with Gasteiger partial charge in [-0.25, -0.2) is 0 Å². The number of carbonyl (C=O) groups is 1. The van der Waals surface area contributed by atoms with E-state index in [-0.39, 0.29) is 6.54 Å². The summed E-state index contributed by atoms with van der Waals surface area (Å²) in [4.78, 5) is 11.2. The fourth-order valence-electron chi connectivity index (χ4n) is 3.03. The van der Waals surface area contributed by atoms with Crippen LogP contribution in [0.4, 0.5) is 0 Å². The first-order chi connectivity index (χ1) is 12.0. The minimum Gasteiger partial charge on any atom is -0.490 e. The van der Waals surface area contributed by atoms with Crippen LogP contribution in [0.25, 0.3) is 0 Å². The van der Waals surface area contributed by atoms with Crippen molar-refractivity contribution in [2.24, 2.45) is 17.6 Å². The summed E-state index contributed by atoms with van der Waals surface area (Å²) < 4.78 is 11.3. The van der Waals surface area contributed by atoms with Gasteiger partial charge in [-0.1, -0.05) is 25.8 Å². The van der Waals surface area contributed by atoms with E-state index in [9.17, 15) is 4.79 Å². The van der Waals surface area contributed by atoms with Gasteiger partial charge in [-0.05, 0) is 56.7 Å². The Morgan fingerprint density at radius 3 is 2.40 bits per heavy atom. The molecule has 5 heteroatoms. The van der Waals surface area contributed by atoms with E-state index in [1.54, 1.807) is 0 Å². The van der Waals surface area contributed by atoms with Crippen LogP contribution in [-0.2, 0) is 11.2 Å². The molecule has 2 unspecified atom stereocenters. The SMILES string of the molecule is CCOc1ccc(CCCC(CC)CC(CN)C(=O)O)cc1OCC. The maximum absolute atomic E-state index is 11.2. The Labute approximate surface area is 151 Å². The molecule has 0 amide bonds. The van der Waals surface area contributed by atoms with Crippen molar-refractivity contribution in [2.75, 3.05) is 19.8 Å². The molecule has 142 valence electrons. The van der Waals surface area contributed by atoms with Gasteiger partial charge in [0.05, 0.1) is 19.1 Å². The van der Waals surface area contributed by atoms with Crippen molar-refractivity contribution < 1.29 is 19.4 Å². The second-order valence-corrected chi connectivity index (χ2v) is 6.32. The molecule has 0 aromatic heterocycles. The second kappa shape index (κ2) is 11.7. The van der Waals surface area contributed by atoms with Crippen molar-refractivity contribution in [1.82, 2.24) is 0 Å². The average Bonchev–Trinajstić information content (AvgIpc) is 2.60. The first kappa shape index (κ1) is 21.3. The van der Waals surface area contributed by atoms with Crippen LogP contribution in [0.15, 0.2) is 18.2 Å². The summed E-state index contributed by atoms with van der Waals surface area (Å²) in [7, 11) is 0. The van der Waals surface area contributed by atoms with Gasteiger partial charge in [-0.15, -0.1) is 0 Å². The fraction of sp³-hybridized carbons (Fsp3) is 0.650. The van der Waals surface area contributed by atoms with E-state index >= 15 is 0 Å². The van der Waals surface area contributed by atoms with Gasteiger partial charge in [0.25, 0.3) is 0 Å². The van der Waals surface area contributed by atoms with E-state index < -0.39 is 11.9 Å². The Morgan fingerprint density at radius 2 is 1.84 bits per heavy atom. The standard InChI is InChI=1S/C20H33NO4/c1-4-15(12-17(14-21)20(22)23)8-7-9-16-10-11-18(24-5-2)19(13-16)25-6-3/h10-11,13,15,17H,4-9,12,14,21H2,1-3H3,(H,22,23). The lowest BCUT2D eigenvalue weighted by atomic mass is 9.88. The molecule has 0 radical (unpaired) electrons. The van der Waals surface area contributed by atoms with Gasteiger partial charge in [0.1, 0.15) is 0 Å². The lowest BCUT2D eigenvalue weighted by Crippen LogP contribution is -2.25. The van der Waals surface area contributed by atoms with Crippen molar-refractivity contribution >= 4 is 5.97 Å². The Bertz CT molecular complexity index is 518. The smallest absolute Gasteiger partial charge is 0.307 e. The summed E-state index contributed by atoms with van der Waals surface area (Å²) in [6.07, 6.45) is 4.63. The lowest BCUT2D eigenvalue weighted by molar-refractivity contribution is -0.142. The molecule has 2 atom stereocenters. The number of hydrogen-bond acceptors (Lipinski definition) is 4. The van der Waals surface area contributed by atoms with Crippen molar-refractivity contribution in [1.29, 1.82) is 0 Å². The van der Waals surface area contributed by atoms with Crippen molar-refractivity contribution in [3.63, 3.8) is 0 Å².